The SMILES string of the molecule is CCCCCCCCCCc1cnc(CCCCCCCCCC)c(CCCCCCCCCC)c1. The molecule has 0 saturated heterocycles. The highest BCUT2D eigenvalue weighted by atomic mass is 14.7. The lowest BCUT2D eigenvalue weighted by Crippen LogP contribution is -2.02. The van der Waals surface area contributed by atoms with Crippen LogP contribution < -0.4 is 0 Å². The Kier molecular flexibility index (Phi) is 23.8. The first-order valence-electron chi connectivity index (χ1n) is 16.8. The van der Waals surface area contributed by atoms with Crippen LogP contribution in [0.15, 0.2) is 12.3 Å². The summed E-state index contributed by atoms with van der Waals surface area (Å²) in [5.41, 5.74) is 4.50. The molecule has 0 radical (unpaired) electrons. The minimum atomic E-state index is 1.19. The summed E-state index contributed by atoms with van der Waals surface area (Å²) in [4.78, 5) is 5.03. The third kappa shape index (κ3) is 19.3. The van der Waals surface area contributed by atoms with Crippen molar-refractivity contribution in [3.63, 3.8) is 0 Å². The lowest BCUT2D eigenvalue weighted by atomic mass is 9.97. The third-order valence-electron chi connectivity index (χ3n) is 8.00. The van der Waals surface area contributed by atoms with Gasteiger partial charge in [-0.25, -0.2) is 0 Å². The smallest absolute Gasteiger partial charge is 0.0435 e. The van der Waals surface area contributed by atoms with Gasteiger partial charge >= 0.3 is 0 Å². The van der Waals surface area contributed by atoms with Gasteiger partial charge in [-0.05, 0) is 49.7 Å². The number of unbranched alkanes of at least 4 members (excludes halogenated alkanes) is 21. The first kappa shape index (κ1) is 33.2. The highest BCUT2D eigenvalue weighted by molar-refractivity contribution is 5.26. The summed E-state index contributed by atoms with van der Waals surface area (Å²) in [5.74, 6) is 0. The molecule has 1 nitrogen and oxygen atoms in total. The van der Waals surface area contributed by atoms with Crippen molar-refractivity contribution in [3.05, 3.63) is 29.1 Å². The van der Waals surface area contributed by atoms with Crippen molar-refractivity contribution in [2.75, 3.05) is 0 Å². The van der Waals surface area contributed by atoms with Gasteiger partial charge < -0.3 is 0 Å². The van der Waals surface area contributed by atoms with Crippen LogP contribution in [-0.2, 0) is 19.3 Å². The van der Waals surface area contributed by atoms with Crippen LogP contribution in [0.3, 0.4) is 0 Å². The molecule has 1 aromatic rings. The van der Waals surface area contributed by atoms with Crippen molar-refractivity contribution in [1.29, 1.82) is 0 Å². The molecule has 0 unspecified atom stereocenters. The first-order chi connectivity index (χ1) is 17.8. The Bertz CT molecular complexity index is 578. The summed E-state index contributed by atoms with van der Waals surface area (Å²) in [5, 5.41) is 0. The molecule has 1 rings (SSSR count). The Balaban J connectivity index is 2.41. The summed E-state index contributed by atoms with van der Waals surface area (Å²) >= 11 is 0. The lowest BCUT2D eigenvalue weighted by molar-refractivity contribution is 0.567. The zero-order valence-corrected chi connectivity index (χ0v) is 25.2. The highest BCUT2D eigenvalue weighted by Gasteiger charge is 2.07. The van der Waals surface area contributed by atoms with Crippen molar-refractivity contribution in [3.8, 4) is 0 Å². The normalized spacial score (nSPS) is 11.4. The summed E-state index contributed by atoms with van der Waals surface area (Å²) in [6.07, 6.45) is 39.5. The molecule has 210 valence electrons. The van der Waals surface area contributed by atoms with E-state index in [4.69, 9.17) is 4.98 Å². The molecule has 36 heavy (non-hydrogen) atoms. The number of pyridine rings is 1. The minimum absolute atomic E-state index is 1.19. The van der Waals surface area contributed by atoms with Gasteiger partial charge in [-0.2, -0.15) is 0 Å². The van der Waals surface area contributed by atoms with E-state index in [9.17, 15) is 0 Å². The van der Waals surface area contributed by atoms with E-state index in [1.807, 2.05) is 0 Å². The van der Waals surface area contributed by atoms with Crippen LogP contribution in [0.1, 0.15) is 192 Å². The predicted molar refractivity (Wildman–Crippen MR) is 163 cm³/mol. The van der Waals surface area contributed by atoms with Crippen LogP contribution in [0.4, 0.5) is 0 Å². The van der Waals surface area contributed by atoms with Crippen molar-refractivity contribution >= 4 is 0 Å². The molecule has 0 aliphatic carbocycles. The van der Waals surface area contributed by atoms with E-state index >= 15 is 0 Å². The zero-order chi connectivity index (χ0) is 25.9. The average molecular weight is 500 g/mol. The number of hydrogen-bond donors (Lipinski definition) is 0. The summed E-state index contributed by atoms with van der Waals surface area (Å²) in [7, 11) is 0. The molecule has 0 bridgehead atoms. The molecule has 0 aliphatic rings. The van der Waals surface area contributed by atoms with Crippen LogP contribution in [0, 0.1) is 0 Å². The highest BCUT2D eigenvalue weighted by Crippen LogP contribution is 2.19. The second-order valence-electron chi connectivity index (χ2n) is 11.6. The molecule has 0 saturated carbocycles. The number of nitrogens with zero attached hydrogens (tertiary/aromatic N) is 1. The Morgan fingerprint density at radius 2 is 0.778 bits per heavy atom. The van der Waals surface area contributed by atoms with E-state index in [0.717, 1.165) is 0 Å². The van der Waals surface area contributed by atoms with Crippen LogP contribution in [-0.4, -0.2) is 4.98 Å². The molecular weight excluding hydrogens is 434 g/mol. The zero-order valence-electron chi connectivity index (χ0n) is 25.2. The summed E-state index contributed by atoms with van der Waals surface area (Å²) in [6.45, 7) is 6.92. The molecule has 0 atom stereocenters. The number of hydrogen-bond acceptors (Lipinski definition) is 1. The number of aromatic nitrogens is 1. The topological polar surface area (TPSA) is 12.9 Å². The van der Waals surface area contributed by atoms with Gasteiger partial charge in [-0.1, -0.05) is 162 Å². The molecule has 0 N–H and O–H groups in total. The van der Waals surface area contributed by atoms with E-state index in [2.05, 4.69) is 33.0 Å². The van der Waals surface area contributed by atoms with Crippen LogP contribution in [0.2, 0.25) is 0 Å². The van der Waals surface area contributed by atoms with Gasteiger partial charge in [-0.3, -0.25) is 4.98 Å². The Hall–Kier alpha value is -0.850. The maximum absolute atomic E-state index is 5.03. The summed E-state index contributed by atoms with van der Waals surface area (Å²) < 4.78 is 0. The largest absolute Gasteiger partial charge is 0.261 e. The fraction of sp³-hybridized carbons (Fsp3) is 0.857. The van der Waals surface area contributed by atoms with Crippen LogP contribution in [0.25, 0.3) is 0 Å². The van der Waals surface area contributed by atoms with Gasteiger partial charge in [0.1, 0.15) is 0 Å². The molecule has 1 aromatic heterocycles. The first-order valence-corrected chi connectivity index (χ1v) is 16.8. The fourth-order valence-corrected chi connectivity index (χ4v) is 5.51. The molecule has 0 spiro atoms. The third-order valence-corrected chi connectivity index (χ3v) is 8.00. The maximum Gasteiger partial charge on any atom is 0.0435 e. The van der Waals surface area contributed by atoms with E-state index < -0.39 is 0 Å². The Labute approximate surface area is 228 Å². The Morgan fingerprint density at radius 3 is 1.22 bits per heavy atom. The molecule has 1 heteroatoms. The van der Waals surface area contributed by atoms with Crippen molar-refractivity contribution in [2.45, 2.75) is 194 Å². The van der Waals surface area contributed by atoms with E-state index in [1.165, 1.54) is 185 Å². The van der Waals surface area contributed by atoms with Gasteiger partial charge in [0.25, 0.3) is 0 Å². The van der Waals surface area contributed by atoms with Gasteiger partial charge in [0.15, 0.2) is 0 Å². The van der Waals surface area contributed by atoms with Crippen molar-refractivity contribution in [1.82, 2.24) is 4.98 Å². The fourth-order valence-electron chi connectivity index (χ4n) is 5.51. The minimum Gasteiger partial charge on any atom is -0.261 e. The second-order valence-corrected chi connectivity index (χ2v) is 11.6. The van der Waals surface area contributed by atoms with Crippen LogP contribution in [0.5, 0.6) is 0 Å². The standard InChI is InChI=1S/C35H65N/c1-4-7-10-13-16-19-22-25-28-33-31-34(29-26-23-20-17-14-11-8-5-2)35(36-32-33)30-27-24-21-18-15-12-9-6-3/h31-32H,4-30H2,1-3H3. The molecule has 0 fully saturated rings. The monoisotopic (exact) mass is 500 g/mol. The quantitative estimate of drug-likeness (QED) is 0.110. The number of rotatable bonds is 27. The van der Waals surface area contributed by atoms with Crippen molar-refractivity contribution in [2.24, 2.45) is 0 Å². The Morgan fingerprint density at radius 1 is 0.417 bits per heavy atom. The van der Waals surface area contributed by atoms with Gasteiger partial charge in [0.2, 0.25) is 0 Å². The predicted octanol–water partition coefficient (Wildman–Crippen LogP) is 12.1. The average Bonchev–Trinajstić information content (AvgIpc) is 2.89. The maximum atomic E-state index is 5.03. The van der Waals surface area contributed by atoms with E-state index in [1.54, 1.807) is 5.56 Å². The van der Waals surface area contributed by atoms with E-state index in [-0.39, 0.29) is 0 Å². The molecular formula is C35H65N. The van der Waals surface area contributed by atoms with Gasteiger partial charge in [0.05, 0.1) is 0 Å². The summed E-state index contributed by atoms with van der Waals surface area (Å²) in [6, 6.07) is 2.55. The van der Waals surface area contributed by atoms with Gasteiger partial charge in [0, 0.05) is 11.9 Å². The van der Waals surface area contributed by atoms with Crippen molar-refractivity contribution < 1.29 is 0 Å². The molecule has 0 aromatic carbocycles. The van der Waals surface area contributed by atoms with Crippen LogP contribution >= 0.6 is 0 Å². The van der Waals surface area contributed by atoms with Gasteiger partial charge in [-0.15, -0.1) is 0 Å². The molecule has 0 aliphatic heterocycles. The second kappa shape index (κ2) is 25.8. The molecule has 1 heterocycles. The molecule has 0 amide bonds. The number of aryl methyl sites for hydroxylation is 3. The lowest BCUT2D eigenvalue weighted by Gasteiger charge is -2.12. The van der Waals surface area contributed by atoms with E-state index in [0.29, 0.717) is 0 Å².